The van der Waals surface area contributed by atoms with E-state index < -0.39 is 29.8 Å². The van der Waals surface area contributed by atoms with Crippen LogP contribution in [-0.4, -0.2) is 35.3 Å². The van der Waals surface area contributed by atoms with Gasteiger partial charge in [-0.25, -0.2) is 0 Å². The van der Waals surface area contributed by atoms with Crippen molar-refractivity contribution in [2.75, 3.05) is 12.0 Å². The van der Waals surface area contributed by atoms with Crippen LogP contribution in [0.3, 0.4) is 0 Å². The summed E-state index contributed by atoms with van der Waals surface area (Å²) in [4.78, 5) is 32.1. The molecule has 2 aromatic carbocycles. The van der Waals surface area contributed by atoms with Crippen LogP contribution in [-0.2, 0) is 9.59 Å². The fourth-order valence-electron chi connectivity index (χ4n) is 4.45. The Kier molecular flexibility index (Phi) is 7.17. The summed E-state index contributed by atoms with van der Waals surface area (Å²) < 4.78 is 47.2. The minimum atomic E-state index is -4.88. The topological polar surface area (TPSA) is 89.0 Å². The summed E-state index contributed by atoms with van der Waals surface area (Å²) in [6.07, 6.45) is -3.41. The molecule has 10 heteroatoms. The van der Waals surface area contributed by atoms with E-state index in [-0.39, 0.29) is 22.9 Å². The second-order valence-electron chi connectivity index (χ2n) is 9.03. The molecule has 0 saturated carbocycles. The molecule has 1 aliphatic rings. The first-order valence-corrected chi connectivity index (χ1v) is 11.7. The number of alkyl halides is 3. The second-order valence-corrected chi connectivity index (χ2v) is 9.03. The van der Waals surface area contributed by atoms with Crippen LogP contribution in [0.15, 0.2) is 66.4 Å². The van der Waals surface area contributed by atoms with E-state index in [1.807, 2.05) is 13.8 Å². The summed E-state index contributed by atoms with van der Waals surface area (Å²) in [5.74, 6) is -2.12. The lowest BCUT2D eigenvalue weighted by Crippen LogP contribution is -2.29. The van der Waals surface area contributed by atoms with Gasteiger partial charge in [0.25, 0.3) is 11.7 Å². The van der Waals surface area contributed by atoms with Crippen LogP contribution >= 0.6 is 0 Å². The summed E-state index contributed by atoms with van der Waals surface area (Å²) in [5, 5.41) is 11.5. The Morgan fingerprint density at radius 2 is 1.76 bits per heavy atom. The molecular weight excluding hydrogens is 501 g/mol. The van der Waals surface area contributed by atoms with Gasteiger partial charge in [-0.3, -0.25) is 19.5 Å². The number of ether oxygens (including phenoxy) is 2. The molecule has 1 aromatic heterocycles. The van der Waals surface area contributed by atoms with Gasteiger partial charge in [-0.05, 0) is 72.5 Å². The Morgan fingerprint density at radius 1 is 1.08 bits per heavy atom. The van der Waals surface area contributed by atoms with E-state index in [0.29, 0.717) is 22.6 Å². The molecule has 1 amide bonds. The molecule has 198 valence electrons. The number of aliphatic hydroxyl groups excluding tert-OH is 1. The van der Waals surface area contributed by atoms with E-state index in [9.17, 15) is 27.9 Å². The third kappa shape index (κ3) is 5.06. The maximum atomic E-state index is 13.4. The van der Waals surface area contributed by atoms with Crippen molar-refractivity contribution in [3.8, 4) is 11.5 Å². The van der Waals surface area contributed by atoms with E-state index in [0.717, 1.165) is 22.6 Å². The zero-order valence-corrected chi connectivity index (χ0v) is 21.0. The molecule has 1 atom stereocenters. The Balaban J connectivity index is 1.89. The number of anilines is 1. The number of halogens is 3. The number of pyridine rings is 1. The summed E-state index contributed by atoms with van der Waals surface area (Å²) in [6.45, 7) is 5.65. The van der Waals surface area contributed by atoms with Crippen LogP contribution in [0, 0.1) is 6.92 Å². The van der Waals surface area contributed by atoms with Crippen LogP contribution in [0.4, 0.5) is 18.9 Å². The molecule has 1 unspecified atom stereocenters. The lowest BCUT2D eigenvalue weighted by molar-refractivity contribution is -0.274. The number of aliphatic hydroxyl groups is 1. The van der Waals surface area contributed by atoms with Crippen molar-refractivity contribution in [2.45, 2.75) is 39.1 Å². The van der Waals surface area contributed by atoms with Gasteiger partial charge in [-0.15, -0.1) is 13.2 Å². The number of aryl methyl sites for hydroxylation is 1. The Morgan fingerprint density at radius 3 is 2.32 bits per heavy atom. The zero-order chi connectivity index (χ0) is 27.8. The van der Waals surface area contributed by atoms with Crippen molar-refractivity contribution in [2.24, 2.45) is 0 Å². The molecular formula is C28H25F3N2O5. The number of Topliss-reactive ketones (excluding diaryl/α,β-unsaturated/α-hetero) is 1. The van der Waals surface area contributed by atoms with E-state index >= 15 is 0 Å². The van der Waals surface area contributed by atoms with Gasteiger partial charge in [0.2, 0.25) is 0 Å². The fraction of sp³-hybridized carbons (Fsp3) is 0.250. The highest BCUT2D eigenvalue weighted by Gasteiger charge is 2.48. The predicted octanol–water partition coefficient (Wildman–Crippen LogP) is 6.05. The lowest BCUT2D eigenvalue weighted by atomic mass is 9.92. The van der Waals surface area contributed by atoms with Gasteiger partial charge < -0.3 is 14.6 Å². The number of amides is 1. The Labute approximate surface area is 217 Å². The summed E-state index contributed by atoms with van der Waals surface area (Å²) in [5.41, 5.74) is 1.99. The first kappa shape index (κ1) is 26.7. The number of nitrogens with zero attached hydrogens (tertiary/aromatic N) is 2. The maximum Gasteiger partial charge on any atom is 0.573 e. The minimum Gasteiger partial charge on any atom is -0.507 e. The number of methoxy groups -OCH3 is 1. The SMILES string of the molecule is COc1cc(C)c(/C(O)=C2\C(=O)C(=O)N(c3ccc(OC(F)(F)F)cc3)C2c2ccccn2)cc1C(C)C. The fourth-order valence-corrected chi connectivity index (χ4v) is 4.45. The molecule has 3 aromatic rings. The monoisotopic (exact) mass is 526 g/mol. The molecule has 1 N–H and O–H groups in total. The average molecular weight is 527 g/mol. The number of aromatic nitrogens is 1. The maximum absolute atomic E-state index is 13.4. The molecule has 7 nitrogen and oxygen atoms in total. The third-order valence-corrected chi connectivity index (χ3v) is 6.21. The molecule has 0 aliphatic carbocycles. The number of carbonyl (C=O) groups excluding carboxylic acids is 2. The molecule has 0 spiro atoms. The molecule has 0 bridgehead atoms. The van der Waals surface area contributed by atoms with Crippen LogP contribution in [0.1, 0.15) is 48.2 Å². The molecule has 2 heterocycles. The van der Waals surface area contributed by atoms with Crippen molar-refractivity contribution in [3.05, 3.63) is 88.8 Å². The molecule has 38 heavy (non-hydrogen) atoms. The Bertz CT molecular complexity index is 1400. The summed E-state index contributed by atoms with van der Waals surface area (Å²) >= 11 is 0. The molecule has 1 aliphatic heterocycles. The molecule has 4 rings (SSSR count). The number of ketones is 1. The quantitative estimate of drug-likeness (QED) is 0.239. The second kappa shape index (κ2) is 10.2. The first-order chi connectivity index (χ1) is 17.9. The number of rotatable bonds is 6. The van der Waals surface area contributed by atoms with Gasteiger partial charge in [0.05, 0.1) is 18.4 Å². The minimum absolute atomic E-state index is 0.0310. The van der Waals surface area contributed by atoms with E-state index in [1.165, 1.54) is 25.4 Å². The lowest BCUT2D eigenvalue weighted by Gasteiger charge is -2.25. The standard InChI is InChI=1S/C28H25F3N2O5/c1-15(2)19-14-20(16(3)13-22(19)37-4)25(34)23-24(21-7-5-6-12-32-21)33(27(36)26(23)35)17-8-10-18(11-9-17)38-28(29,30)31/h5-15,24,34H,1-4H3/b25-23+. The van der Waals surface area contributed by atoms with Gasteiger partial charge in [0.1, 0.15) is 23.3 Å². The van der Waals surface area contributed by atoms with Crippen molar-refractivity contribution in [1.82, 2.24) is 4.98 Å². The molecule has 0 radical (unpaired) electrons. The van der Waals surface area contributed by atoms with Gasteiger partial charge in [0.15, 0.2) is 0 Å². The van der Waals surface area contributed by atoms with Crippen LogP contribution < -0.4 is 14.4 Å². The van der Waals surface area contributed by atoms with Gasteiger partial charge in [0, 0.05) is 17.4 Å². The smallest absolute Gasteiger partial charge is 0.507 e. The average Bonchev–Trinajstić information content (AvgIpc) is 3.13. The number of benzene rings is 2. The van der Waals surface area contributed by atoms with Crippen molar-refractivity contribution < 1.29 is 37.3 Å². The molecule has 1 fully saturated rings. The largest absolute Gasteiger partial charge is 0.573 e. The van der Waals surface area contributed by atoms with Gasteiger partial charge in [-0.1, -0.05) is 19.9 Å². The Hall–Kier alpha value is -4.34. The molecule has 1 saturated heterocycles. The van der Waals surface area contributed by atoms with Crippen molar-refractivity contribution in [3.63, 3.8) is 0 Å². The summed E-state index contributed by atoms with van der Waals surface area (Å²) in [6, 6.07) is 11.8. The highest BCUT2D eigenvalue weighted by Crippen LogP contribution is 2.43. The van der Waals surface area contributed by atoms with Crippen molar-refractivity contribution in [1.29, 1.82) is 0 Å². The van der Waals surface area contributed by atoms with E-state index in [2.05, 4.69) is 9.72 Å². The third-order valence-electron chi connectivity index (χ3n) is 6.21. The van der Waals surface area contributed by atoms with Gasteiger partial charge >= 0.3 is 6.36 Å². The van der Waals surface area contributed by atoms with Crippen LogP contribution in [0.2, 0.25) is 0 Å². The van der Waals surface area contributed by atoms with Gasteiger partial charge in [-0.2, -0.15) is 0 Å². The van der Waals surface area contributed by atoms with Crippen LogP contribution in [0.5, 0.6) is 11.5 Å². The first-order valence-electron chi connectivity index (χ1n) is 11.7. The normalized spacial score (nSPS) is 17.3. The zero-order valence-electron chi connectivity index (χ0n) is 21.0. The number of hydrogen-bond acceptors (Lipinski definition) is 6. The highest BCUT2D eigenvalue weighted by atomic mass is 19.4. The van der Waals surface area contributed by atoms with E-state index in [4.69, 9.17) is 4.74 Å². The van der Waals surface area contributed by atoms with E-state index in [1.54, 1.807) is 37.3 Å². The number of carbonyl (C=O) groups is 2. The highest BCUT2D eigenvalue weighted by molar-refractivity contribution is 6.51. The van der Waals surface area contributed by atoms with Crippen LogP contribution in [0.25, 0.3) is 5.76 Å². The number of hydrogen-bond donors (Lipinski definition) is 1. The predicted molar refractivity (Wildman–Crippen MR) is 134 cm³/mol. The van der Waals surface area contributed by atoms with Crippen molar-refractivity contribution >= 4 is 23.1 Å². The summed E-state index contributed by atoms with van der Waals surface area (Å²) in [7, 11) is 1.54.